The fraction of sp³-hybridized carbons (Fsp3) is 0.250. The number of ether oxygens (including phenoxy) is 1. The lowest BCUT2D eigenvalue weighted by molar-refractivity contribution is 0.334. The van der Waals surface area contributed by atoms with Crippen LogP contribution >= 0.6 is 11.6 Å². The first kappa shape index (κ1) is 7.71. The molecule has 1 aliphatic rings. The summed E-state index contributed by atoms with van der Waals surface area (Å²) in [5.74, 6) is 0.648. The summed E-state index contributed by atoms with van der Waals surface area (Å²) in [6, 6.07) is 3.32. The molecule has 0 aromatic heterocycles. The molecular formula is C8H9ClN2O. The van der Waals surface area contributed by atoms with Crippen molar-refractivity contribution in [1.29, 1.82) is 0 Å². The van der Waals surface area contributed by atoms with Crippen LogP contribution in [0.2, 0.25) is 5.02 Å². The summed E-state index contributed by atoms with van der Waals surface area (Å²) in [4.78, 5) is 0. The lowest BCUT2D eigenvalue weighted by Crippen LogP contribution is -2.11. The van der Waals surface area contributed by atoms with Crippen LogP contribution < -0.4 is 16.2 Å². The van der Waals surface area contributed by atoms with Gasteiger partial charge in [0.25, 0.3) is 0 Å². The molecule has 3 nitrogen and oxygen atoms in total. The SMILES string of the molecule is Nc1ccc(Cl)c2c1OCC2N. The molecule has 4 N–H and O–H groups in total. The van der Waals surface area contributed by atoms with Crippen molar-refractivity contribution < 1.29 is 4.74 Å². The van der Waals surface area contributed by atoms with E-state index in [0.29, 0.717) is 23.1 Å². The van der Waals surface area contributed by atoms with Crippen molar-refractivity contribution in [2.75, 3.05) is 12.3 Å². The topological polar surface area (TPSA) is 61.3 Å². The normalized spacial score (nSPS) is 20.3. The Bertz CT molecular complexity index is 327. The van der Waals surface area contributed by atoms with Crippen molar-refractivity contribution in [2.24, 2.45) is 5.73 Å². The van der Waals surface area contributed by atoms with Crippen LogP contribution in [-0.4, -0.2) is 6.61 Å². The van der Waals surface area contributed by atoms with Crippen LogP contribution in [0.5, 0.6) is 5.75 Å². The van der Waals surface area contributed by atoms with E-state index in [1.807, 2.05) is 0 Å². The molecule has 0 spiro atoms. The van der Waals surface area contributed by atoms with E-state index in [2.05, 4.69) is 0 Å². The van der Waals surface area contributed by atoms with Gasteiger partial charge in [0, 0.05) is 10.6 Å². The number of hydrogen-bond donors (Lipinski definition) is 2. The van der Waals surface area contributed by atoms with Gasteiger partial charge in [0.1, 0.15) is 12.4 Å². The molecule has 64 valence electrons. The van der Waals surface area contributed by atoms with Gasteiger partial charge in [0.2, 0.25) is 0 Å². The molecule has 1 atom stereocenters. The van der Waals surface area contributed by atoms with Crippen LogP contribution in [0.4, 0.5) is 5.69 Å². The molecule has 2 rings (SSSR count). The zero-order chi connectivity index (χ0) is 8.72. The molecule has 1 aliphatic heterocycles. The van der Waals surface area contributed by atoms with Crippen LogP contribution in [-0.2, 0) is 0 Å². The Morgan fingerprint density at radius 2 is 2.25 bits per heavy atom. The number of hydrogen-bond acceptors (Lipinski definition) is 3. The zero-order valence-corrected chi connectivity index (χ0v) is 7.14. The highest BCUT2D eigenvalue weighted by Gasteiger charge is 2.25. The van der Waals surface area contributed by atoms with Gasteiger partial charge in [-0.25, -0.2) is 0 Å². The Balaban J connectivity index is 2.64. The van der Waals surface area contributed by atoms with E-state index < -0.39 is 0 Å². The third kappa shape index (κ3) is 0.940. The van der Waals surface area contributed by atoms with Crippen LogP contribution in [0.15, 0.2) is 12.1 Å². The largest absolute Gasteiger partial charge is 0.489 e. The van der Waals surface area contributed by atoms with Gasteiger partial charge in [-0.2, -0.15) is 0 Å². The highest BCUT2D eigenvalue weighted by molar-refractivity contribution is 6.31. The van der Waals surface area contributed by atoms with Crippen molar-refractivity contribution in [2.45, 2.75) is 6.04 Å². The predicted octanol–water partition coefficient (Wildman–Crippen LogP) is 1.31. The molecule has 0 radical (unpaired) electrons. The van der Waals surface area contributed by atoms with Gasteiger partial charge >= 0.3 is 0 Å². The van der Waals surface area contributed by atoms with Crippen LogP contribution in [0.3, 0.4) is 0 Å². The van der Waals surface area contributed by atoms with Crippen molar-refractivity contribution in [3.63, 3.8) is 0 Å². The average molecular weight is 185 g/mol. The Morgan fingerprint density at radius 1 is 1.50 bits per heavy atom. The van der Waals surface area contributed by atoms with Gasteiger partial charge in [-0.15, -0.1) is 0 Å². The van der Waals surface area contributed by atoms with E-state index in [4.69, 9.17) is 27.8 Å². The molecule has 1 aromatic rings. The zero-order valence-electron chi connectivity index (χ0n) is 6.38. The summed E-state index contributed by atoms with van der Waals surface area (Å²) < 4.78 is 5.29. The molecule has 12 heavy (non-hydrogen) atoms. The van der Waals surface area contributed by atoms with Crippen molar-refractivity contribution >= 4 is 17.3 Å². The average Bonchev–Trinajstić information content (AvgIpc) is 2.42. The first-order chi connectivity index (χ1) is 5.70. The van der Waals surface area contributed by atoms with Crippen molar-refractivity contribution in [3.05, 3.63) is 22.7 Å². The van der Waals surface area contributed by atoms with Gasteiger partial charge in [-0.1, -0.05) is 11.6 Å². The van der Waals surface area contributed by atoms with Crippen LogP contribution in [0.25, 0.3) is 0 Å². The molecule has 1 unspecified atom stereocenters. The molecule has 1 heterocycles. The number of halogens is 1. The maximum Gasteiger partial charge on any atom is 0.148 e. The smallest absolute Gasteiger partial charge is 0.148 e. The second-order valence-electron chi connectivity index (χ2n) is 2.80. The fourth-order valence-electron chi connectivity index (χ4n) is 1.36. The summed E-state index contributed by atoms with van der Waals surface area (Å²) >= 11 is 5.92. The number of rotatable bonds is 0. The summed E-state index contributed by atoms with van der Waals surface area (Å²) in [5.41, 5.74) is 12.8. The highest BCUT2D eigenvalue weighted by atomic mass is 35.5. The van der Waals surface area contributed by atoms with E-state index in [-0.39, 0.29) is 6.04 Å². The van der Waals surface area contributed by atoms with Crippen molar-refractivity contribution in [1.82, 2.24) is 0 Å². The minimum atomic E-state index is -0.143. The van der Waals surface area contributed by atoms with Gasteiger partial charge in [-0.05, 0) is 12.1 Å². The number of anilines is 1. The number of nitrogen functional groups attached to an aromatic ring is 1. The van der Waals surface area contributed by atoms with Crippen LogP contribution in [0, 0.1) is 0 Å². The third-order valence-electron chi connectivity index (χ3n) is 1.95. The molecular weight excluding hydrogens is 176 g/mol. The monoisotopic (exact) mass is 184 g/mol. The van der Waals surface area contributed by atoms with Gasteiger partial charge in [0.15, 0.2) is 0 Å². The van der Waals surface area contributed by atoms with Gasteiger partial charge in [0.05, 0.1) is 11.7 Å². The fourth-order valence-corrected chi connectivity index (χ4v) is 1.64. The minimum absolute atomic E-state index is 0.143. The van der Waals surface area contributed by atoms with Gasteiger partial charge < -0.3 is 16.2 Å². The Labute approximate surface area is 75.3 Å². The van der Waals surface area contributed by atoms with Gasteiger partial charge in [-0.3, -0.25) is 0 Å². The van der Waals surface area contributed by atoms with E-state index in [0.717, 1.165) is 5.56 Å². The molecule has 0 amide bonds. The second kappa shape index (κ2) is 2.54. The molecule has 0 aliphatic carbocycles. The summed E-state index contributed by atoms with van der Waals surface area (Å²) in [6.07, 6.45) is 0. The Kier molecular flexibility index (Phi) is 1.63. The maximum absolute atomic E-state index is 5.92. The van der Waals surface area contributed by atoms with E-state index >= 15 is 0 Å². The molecule has 4 heteroatoms. The molecule has 0 saturated heterocycles. The van der Waals surface area contributed by atoms with E-state index in [1.165, 1.54) is 0 Å². The van der Waals surface area contributed by atoms with Crippen molar-refractivity contribution in [3.8, 4) is 5.75 Å². The molecule has 0 fully saturated rings. The summed E-state index contributed by atoms with van der Waals surface area (Å²) in [5, 5.41) is 0.629. The lowest BCUT2D eigenvalue weighted by Gasteiger charge is -2.05. The standard InChI is InChI=1S/C8H9ClN2O/c9-4-1-2-5(10)8-7(4)6(11)3-12-8/h1-2,6H,3,10-11H2. The molecule has 0 saturated carbocycles. The maximum atomic E-state index is 5.92. The first-order valence-electron chi connectivity index (χ1n) is 3.66. The Hall–Kier alpha value is -0.930. The number of benzene rings is 1. The van der Waals surface area contributed by atoms with E-state index in [1.54, 1.807) is 12.1 Å². The second-order valence-corrected chi connectivity index (χ2v) is 3.20. The number of nitrogens with two attached hydrogens (primary N) is 2. The molecule has 0 bridgehead atoms. The summed E-state index contributed by atoms with van der Waals surface area (Å²) in [6.45, 7) is 0.462. The summed E-state index contributed by atoms with van der Waals surface area (Å²) in [7, 11) is 0. The predicted molar refractivity (Wildman–Crippen MR) is 48.3 cm³/mol. The van der Waals surface area contributed by atoms with Crippen LogP contribution in [0.1, 0.15) is 11.6 Å². The number of fused-ring (bicyclic) bond motifs is 1. The quantitative estimate of drug-likeness (QED) is 0.598. The lowest BCUT2D eigenvalue weighted by atomic mass is 10.1. The highest BCUT2D eigenvalue weighted by Crippen LogP contribution is 2.40. The Morgan fingerprint density at radius 3 is 2.92 bits per heavy atom. The van der Waals surface area contributed by atoms with E-state index in [9.17, 15) is 0 Å². The first-order valence-corrected chi connectivity index (χ1v) is 4.04. The molecule has 1 aromatic carbocycles. The third-order valence-corrected chi connectivity index (χ3v) is 2.28. The minimum Gasteiger partial charge on any atom is -0.489 e.